The summed E-state index contributed by atoms with van der Waals surface area (Å²) >= 11 is 0. The monoisotopic (exact) mass is 278 g/mol. The van der Waals surface area contributed by atoms with E-state index in [1.807, 2.05) is 0 Å². The van der Waals surface area contributed by atoms with Crippen LogP contribution in [0.15, 0.2) is 24.4 Å². The second kappa shape index (κ2) is 5.20. The molecule has 0 saturated heterocycles. The molecule has 0 amide bonds. The third-order valence-electron chi connectivity index (χ3n) is 3.11. The number of aliphatic carboxylic acids is 1. The number of nitro benzene ring substituents is 1. The van der Waals surface area contributed by atoms with Gasteiger partial charge in [0.2, 0.25) is 0 Å². The minimum atomic E-state index is -1.19. The second-order valence-electron chi connectivity index (χ2n) is 4.25. The van der Waals surface area contributed by atoms with Gasteiger partial charge in [-0.1, -0.05) is 6.92 Å². The van der Waals surface area contributed by atoms with Crippen LogP contribution >= 0.6 is 0 Å². The van der Waals surface area contributed by atoms with Crippen LogP contribution in [0.25, 0.3) is 10.9 Å². The van der Waals surface area contributed by atoms with E-state index in [2.05, 4.69) is 4.98 Å². The summed E-state index contributed by atoms with van der Waals surface area (Å²) in [6, 6.07) is 3.67. The minimum absolute atomic E-state index is 0.0217. The average molecular weight is 278 g/mol. The van der Waals surface area contributed by atoms with E-state index in [1.165, 1.54) is 18.3 Å². The molecule has 7 heteroatoms. The fraction of sp³-hybridized carbons (Fsp3) is 0.231. The number of halogens is 1. The third kappa shape index (κ3) is 2.18. The lowest BCUT2D eigenvalue weighted by Crippen LogP contribution is -2.13. The first-order chi connectivity index (χ1) is 9.47. The molecule has 6 nitrogen and oxygen atoms in total. The maximum Gasteiger partial charge on any atom is 0.311 e. The quantitative estimate of drug-likeness (QED) is 0.685. The molecule has 1 aromatic carbocycles. The predicted molar refractivity (Wildman–Crippen MR) is 69.0 cm³/mol. The number of pyridine rings is 1. The zero-order valence-electron chi connectivity index (χ0n) is 10.5. The van der Waals surface area contributed by atoms with Crippen molar-refractivity contribution < 1.29 is 19.2 Å². The van der Waals surface area contributed by atoms with Gasteiger partial charge in [0.25, 0.3) is 5.69 Å². The lowest BCUT2D eigenvalue weighted by Gasteiger charge is -2.13. The topological polar surface area (TPSA) is 93.3 Å². The van der Waals surface area contributed by atoms with Crippen molar-refractivity contribution in [2.75, 3.05) is 0 Å². The Bertz CT molecular complexity index is 702. The van der Waals surface area contributed by atoms with Crippen molar-refractivity contribution in [3.63, 3.8) is 0 Å². The SMILES string of the molecule is CCC(C(=O)O)c1c(F)cc([N+](=O)[O-])c2cccnc12. The molecule has 1 aromatic heterocycles. The normalized spacial score (nSPS) is 12.3. The predicted octanol–water partition coefficient (Wildman–Crippen LogP) is 2.86. The lowest BCUT2D eigenvalue weighted by atomic mass is 9.93. The number of benzene rings is 1. The Balaban J connectivity index is 2.86. The van der Waals surface area contributed by atoms with Crippen molar-refractivity contribution in [1.29, 1.82) is 0 Å². The molecule has 0 spiro atoms. The fourth-order valence-corrected chi connectivity index (χ4v) is 2.20. The van der Waals surface area contributed by atoms with Crippen molar-refractivity contribution in [3.8, 4) is 0 Å². The number of carboxylic acids is 1. The van der Waals surface area contributed by atoms with E-state index in [4.69, 9.17) is 5.11 Å². The molecule has 0 aliphatic rings. The Hall–Kier alpha value is -2.57. The first kappa shape index (κ1) is 13.9. The maximum atomic E-state index is 14.1. The van der Waals surface area contributed by atoms with E-state index in [9.17, 15) is 19.3 Å². The fourth-order valence-electron chi connectivity index (χ4n) is 2.20. The molecular weight excluding hydrogens is 267 g/mol. The molecule has 0 saturated carbocycles. The standard InChI is InChI=1S/C13H11FN2O4/c1-2-7(13(17)18)11-9(14)6-10(16(19)20)8-4-3-5-15-12(8)11/h3-7H,2H2,1H3,(H,17,18). The number of fused-ring (bicyclic) bond motifs is 1. The van der Waals surface area contributed by atoms with Crippen molar-refractivity contribution in [2.45, 2.75) is 19.3 Å². The van der Waals surface area contributed by atoms with Crippen LogP contribution in [0.4, 0.5) is 10.1 Å². The number of aromatic nitrogens is 1. The van der Waals surface area contributed by atoms with Crippen LogP contribution in [0.1, 0.15) is 24.8 Å². The molecule has 1 heterocycles. The Morgan fingerprint density at radius 3 is 2.85 bits per heavy atom. The number of hydrogen-bond acceptors (Lipinski definition) is 4. The molecule has 0 radical (unpaired) electrons. The average Bonchev–Trinajstić information content (AvgIpc) is 2.41. The molecule has 1 N–H and O–H groups in total. The Morgan fingerprint density at radius 2 is 2.30 bits per heavy atom. The van der Waals surface area contributed by atoms with Gasteiger partial charge >= 0.3 is 5.97 Å². The summed E-state index contributed by atoms with van der Waals surface area (Å²) in [5.41, 5.74) is -0.510. The first-order valence-electron chi connectivity index (χ1n) is 5.91. The zero-order valence-corrected chi connectivity index (χ0v) is 10.5. The smallest absolute Gasteiger partial charge is 0.311 e. The van der Waals surface area contributed by atoms with Crippen LogP contribution in [-0.4, -0.2) is 21.0 Å². The summed E-state index contributed by atoms with van der Waals surface area (Å²) in [6.07, 6.45) is 1.51. The first-order valence-corrected chi connectivity index (χ1v) is 5.91. The van der Waals surface area contributed by atoms with Gasteiger partial charge in [-0.2, -0.15) is 0 Å². The zero-order chi connectivity index (χ0) is 14.9. The Morgan fingerprint density at radius 1 is 1.60 bits per heavy atom. The summed E-state index contributed by atoms with van der Waals surface area (Å²) < 4.78 is 14.1. The molecule has 1 unspecified atom stereocenters. The number of non-ortho nitro benzene ring substituents is 1. The summed E-state index contributed by atoms with van der Waals surface area (Å²) in [4.78, 5) is 25.4. The summed E-state index contributed by atoms with van der Waals surface area (Å²) in [5.74, 6) is -3.20. The lowest BCUT2D eigenvalue weighted by molar-refractivity contribution is -0.383. The van der Waals surface area contributed by atoms with E-state index in [0.717, 1.165) is 6.07 Å². The Kier molecular flexibility index (Phi) is 3.60. The van der Waals surface area contributed by atoms with Crippen molar-refractivity contribution in [2.24, 2.45) is 0 Å². The van der Waals surface area contributed by atoms with Gasteiger partial charge in [-0.25, -0.2) is 4.39 Å². The number of rotatable bonds is 4. The van der Waals surface area contributed by atoms with Gasteiger partial charge in [0.05, 0.1) is 27.8 Å². The second-order valence-corrected chi connectivity index (χ2v) is 4.25. The number of nitro groups is 1. The summed E-state index contributed by atoms with van der Waals surface area (Å²) in [6.45, 7) is 1.61. The van der Waals surface area contributed by atoms with Gasteiger partial charge in [-0.15, -0.1) is 0 Å². The highest BCUT2D eigenvalue weighted by Crippen LogP contribution is 2.34. The van der Waals surface area contributed by atoms with Gasteiger partial charge in [-0.3, -0.25) is 19.9 Å². The van der Waals surface area contributed by atoms with Crippen molar-refractivity contribution >= 4 is 22.6 Å². The van der Waals surface area contributed by atoms with Gasteiger partial charge < -0.3 is 5.11 Å². The molecule has 2 aromatic rings. The minimum Gasteiger partial charge on any atom is -0.481 e. The van der Waals surface area contributed by atoms with E-state index in [0.29, 0.717) is 0 Å². The van der Waals surface area contributed by atoms with Crippen LogP contribution < -0.4 is 0 Å². The molecule has 20 heavy (non-hydrogen) atoms. The molecule has 0 aliphatic carbocycles. The van der Waals surface area contributed by atoms with Crippen LogP contribution in [-0.2, 0) is 4.79 Å². The van der Waals surface area contributed by atoms with Crippen molar-refractivity contribution in [1.82, 2.24) is 4.98 Å². The van der Waals surface area contributed by atoms with Gasteiger partial charge in [0, 0.05) is 11.8 Å². The molecular formula is C13H11FN2O4. The van der Waals surface area contributed by atoms with Gasteiger partial charge in [-0.05, 0) is 18.6 Å². The maximum absolute atomic E-state index is 14.1. The molecule has 0 aliphatic heterocycles. The van der Waals surface area contributed by atoms with E-state index >= 15 is 0 Å². The molecule has 0 fully saturated rings. The van der Waals surface area contributed by atoms with Crippen LogP contribution in [0.2, 0.25) is 0 Å². The number of nitrogens with zero attached hydrogens (tertiary/aromatic N) is 2. The summed E-state index contributed by atoms with van der Waals surface area (Å²) in [5, 5.41) is 20.2. The molecule has 2 rings (SSSR count). The van der Waals surface area contributed by atoms with Gasteiger partial charge in [0.1, 0.15) is 5.82 Å². The highest BCUT2D eigenvalue weighted by molar-refractivity contribution is 5.93. The molecule has 1 atom stereocenters. The van der Waals surface area contributed by atoms with Gasteiger partial charge in [0.15, 0.2) is 0 Å². The van der Waals surface area contributed by atoms with E-state index < -0.39 is 28.3 Å². The van der Waals surface area contributed by atoms with Crippen molar-refractivity contribution in [3.05, 3.63) is 45.9 Å². The van der Waals surface area contributed by atoms with E-state index in [1.54, 1.807) is 6.92 Å². The third-order valence-corrected chi connectivity index (χ3v) is 3.11. The molecule has 104 valence electrons. The van der Waals surface area contributed by atoms with E-state index in [-0.39, 0.29) is 22.9 Å². The highest BCUT2D eigenvalue weighted by Gasteiger charge is 2.28. The highest BCUT2D eigenvalue weighted by atomic mass is 19.1. The van der Waals surface area contributed by atoms with Crippen LogP contribution in [0, 0.1) is 15.9 Å². The number of hydrogen-bond donors (Lipinski definition) is 1. The largest absolute Gasteiger partial charge is 0.481 e. The van der Waals surface area contributed by atoms with Crippen LogP contribution in [0.3, 0.4) is 0 Å². The molecule has 0 bridgehead atoms. The number of carbonyl (C=O) groups is 1. The number of carboxylic acid groups (broad SMARTS) is 1. The Labute approximate surface area is 113 Å². The van der Waals surface area contributed by atoms with Crippen LogP contribution in [0.5, 0.6) is 0 Å². The summed E-state index contributed by atoms with van der Waals surface area (Å²) in [7, 11) is 0.